The van der Waals surface area contributed by atoms with Gasteiger partial charge in [-0.3, -0.25) is 9.78 Å². The van der Waals surface area contributed by atoms with Crippen molar-refractivity contribution in [2.75, 3.05) is 0 Å². The first-order valence-electron chi connectivity index (χ1n) is 9.37. The molecule has 0 fully saturated rings. The largest absolute Gasteiger partial charge is 0.452 e. The summed E-state index contributed by atoms with van der Waals surface area (Å²) in [5.74, 6) is 0.173. The molecular formula is C23H17N3O5. The van der Waals surface area contributed by atoms with Gasteiger partial charge in [0.15, 0.2) is 6.61 Å². The Bertz CT molecular complexity index is 1190. The van der Waals surface area contributed by atoms with Crippen LogP contribution in [0, 0.1) is 0 Å². The molecule has 0 amide bonds. The fourth-order valence-corrected chi connectivity index (χ4v) is 2.82. The molecular weight excluding hydrogens is 398 g/mol. The number of benzene rings is 2. The van der Waals surface area contributed by atoms with Crippen LogP contribution in [0.3, 0.4) is 0 Å². The summed E-state index contributed by atoms with van der Waals surface area (Å²) in [7, 11) is 0. The van der Waals surface area contributed by atoms with Crippen LogP contribution in [0.15, 0.2) is 77.6 Å². The van der Waals surface area contributed by atoms with E-state index in [2.05, 4.69) is 15.1 Å². The highest BCUT2D eigenvalue weighted by Gasteiger charge is 2.13. The van der Waals surface area contributed by atoms with Crippen LogP contribution in [0.1, 0.15) is 23.2 Å². The van der Waals surface area contributed by atoms with Crippen molar-refractivity contribution in [1.82, 2.24) is 15.1 Å². The average molecular weight is 415 g/mol. The Balaban J connectivity index is 1.36. The van der Waals surface area contributed by atoms with E-state index in [0.717, 1.165) is 11.1 Å². The fraction of sp³-hybridized carbons (Fsp3) is 0.0870. The molecule has 154 valence electrons. The number of pyridine rings is 1. The average Bonchev–Trinajstić information content (AvgIpc) is 3.27. The quantitative estimate of drug-likeness (QED) is 0.343. The molecule has 0 N–H and O–H groups in total. The molecule has 0 aliphatic rings. The topological polar surface area (TPSA) is 104 Å². The van der Waals surface area contributed by atoms with Gasteiger partial charge in [0.05, 0.1) is 5.56 Å². The second-order valence-corrected chi connectivity index (χ2v) is 6.52. The van der Waals surface area contributed by atoms with E-state index in [-0.39, 0.29) is 18.5 Å². The molecule has 0 spiro atoms. The van der Waals surface area contributed by atoms with Crippen molar-refractivity contribution in [3.05, 3.63) is 84.5 Å². The van der Waals surface area contributed by atoms with E-state index in [0.29, 0.717) is 22.7 Å². The first-order valence-corrected chi connectivity index (χ1v) is 9.37. The van der Waals surface area contributed by atoms with Crippen LogP contribution in [-0.2, 0) is 16.1 Å². The number of nitrogens with zero attached hydrogens (tertiary/aromatic N) is 3. The Kier molecular flexibility index (Phi) is 5.79. The van der Waals surface area contributed by atoms with Gasteiger partial charge in [0, 0.05) is 24.9 Å². The number of aromatic nitrogens is 3. The maximum absolute atomic E-state index is 12.3. The summed E-state index contributed by atoms with van der Waals surface area (Å²) >= 11 is 0. The van der Waals surface area contributed by atoms with Gasteiger partial charge in [0.2, 0.25) is 5.82 Å². The molecule has 0 aliphatic heterocycles. The lowest BCUT2D eigenvalue weighted by Gasteiger charge is -2.06. The van der Waals surface area contributed by atoms with Gasteiger partial charge in [0.25, 0.3) is 5.89 Å². The molecule has 8 heteroatoms. The highest BCUT2D eigenvalue weighted by molar-refractivity contribution is 5.90. The second kappa shape index (κ2) is 9.00. The molecule has 0 aliphatic carbocycles. The molecule has 0 unspecified atom stereocenters. The van der Waals surface area contributed by atoms with Gasteiger partial charge < -0.3 is 14.0 Å². The highest BCUT2D eigenvalue weighted by Crippen LogP contribution is 2.23. The minimum absolute atomic E-state index is 0.133. The van der Waals surface area contributed by atoms with Gasteiger partial charge in [-0.25, -0.2) is 4.79 Å². The van der Waals surface area contributed by atoms with Crippen LogP contribution in [0.25, 0.3) is 22.5 Å². The Labute approximate surface area is 177 Å². The molecule has 0 saturated carbocycles. The predicted octanol–water partition coefficient (Wildman–Crippen LogP) is 4.08. The van der Waals surface area contributed by atoms with E-state index in [1.54, 1.807) is 48.8 Å². The lowest BCUT2D eigenvalue weighted by molar-refractivity contribution is -0.131. The first kappa shape index (κ1) is 20.0. The third-order valence-corrected chi connectivity index (χ3v) is 4.28. The van der Waals surface area contributed by atoms with E-state index in [1.807, 2.05) is 24.3 Å². The van der Waals surface area contributed by atoms with Gasteiger partial charge in [-0.1, -0.05) is 29.4 Å². The number of esters is 2. The summed E-state index contributed by atoms with van der Waals surface area (Å²) in [5.41, 5.74) is 2.93. The number of hydrogen-bond donors (Lipinski definition) is 0. The molecule has 2 aromatic carbocycles. The molecule has 31 heavy (non-hydrogen) atoms. The Hall–Kier alpha value is -4.33. The number of hydrogen-bond acceptors (Lipinski definition) is 8. The van der Waals surface area contributed by atoms with E-state index < -0.39 is 5.97 Å². The first-order chi connectivity index (χ1) is 15.1. The Morgan fingerprint density at radius 2 is 1.65 bits per heavy atom. The van der Waals surface area contributed by atoms with E-state index in [1.165, 1.54) is 6.92 Å². The van der Waals surface area contributed by atoms with Gasteiger partial charge in [-0.2, -0.15) is 4.98 Å². The SMILES string of the molecule is CC(=O)Oc1ccc(-c2ccc(C(=O)OCc3nc(-c4cccnc4)no3)cc2)cc1. The van der Waals surface area contributed by atoms with Gasteiger partial charge >= 0.3 is 11.9 Å². The predicted molar refractivity (Wildman–Crippen MR) is 110 cm³/mol. The van der Waals surface area contributed by atoms with Gasteiger partial charge in [0.1, 0.15) is 5.75 Å². The Morgan fingerprint density at radius 1 is 0.935 bits per heavy atom. The summed E-state index contributed by atoms with van der Waals surface area (Å²) in [5, 5.41) is 3.86. The second-order valence-electron chi connectivity index (χ2n) is 6.52. The zero-order chi connectivity index (χ0) is 21.6. The van der Waals surface area contributed by atoms with Crippen LogP contribution in [0.5, 0.6) is 5.75 Å². The third-order valence-electron chi connectivity index (χ3n) is 4.28. The van der Waals surface area contributed by atoms with Crippen LogP contribution in [0.2, 0.25) is 0 Å². The van der Waals surface area contributed by atoms with Gasteiger partial charge in [-0.05, 0) is 47.5 Å². The van der Waals surface area contributed by atoms with Crippen molar-refractivity contribution in [2.45, 2.75) is 13.5 Å². The summed E-state index contributed by atoms with van der Waals surface area (Å²) in [6.45, 7) is 1.22. The van der Waals surface area contributed by atoms with Crippen LogP contribution in [0.4, 0.5) is 0 Å². The number of rotatable bonds is 6. The maximum atomic E-state index is 12.3. The molecule has 0 atom stereocenters. The van der Waals surface area contributed by atoms with Crippen molar-refractivity contribution >= 4 is 11.9 Å². The van der Waals surface area contributed by atoms with Crippen LogP contribution < -0.4 is 4.74 Å². The van der Waals surface area contributed by atoms with E-state index >= 15 is 0 Å². The standard InChI is InChI=1S/C23H17N3O5/c1-15(27)30-20-10-8-17(9-11-20)16-4-6-18(7-5-16)23(28)29-14-21-25-22(26-31-21)19-3-2-12-24-13-19/h2-13H,14H2,1H3. The van der Waals surface area contributed by atoms with Crippen LogP contribution in [-0.4, -0.2) is 27.1 Å². The highest BCUT2D eigenvalue weighted by atomic mass is 16.6. The lowest BCUT2D eigenvalue weighted by atomic mass is 10.0. The molecule has 8 nitrogen and oxygen atoms in total. The summed E-state index contributed by atoms with van der Waals surface area (Å²) in [6, 6.07) is 17.6. The summed E-state index contributed by atoms with van der Waals surface area (Å²) in [6.07, 6.45) is 3.27. The van der Waals surface area contributed by atoms with Crippen molar-refractivity contribution < 1.29 is 23.6 Å². The zero-order valence-corrected chi connectivity index (χ0v) is 16.5. The minimum atomic E-state index is -0.502. The smallest absolute Gasteiger partial charge is 0.338 e. The van der Waals surface area contributed by atoms with Crippen molar-refractivity contribution in [3.8, 4) is 28.3 Å². The molecule has 0 radical (unpaired) electrons. The molecule has 4 rings (SSSR count). The van der Waals surface area contributed by atoms with E-state index in [9.17, 15) is 9.59 Å². The van der Waals surface area contributed by atoms with Crippen molar-refractivity contribution in [1.29, 1.82) is 0 Å². The number of carbonyl (C=O) groups is 2. The normalized spacial score (nSPS) is 10.5. The molecule has 2 aromatic heterocycles. The fourth-order valence-electron chi connectivity index (χ4n) is 2.82. The molecule has 0 saturated heterocycles. The summed E-state index contributed by atoms with van der Waals surface area (Å²) in [4.78, 5) is 31.5. The maximum Gasteiger partial charge on any atom is 0.338 e. The van der Waals surface area contributed by atoms with E-state index in [4.69, 9.17) is 14.0 Å². The Morgan fingerprint density at radius 3 is 2.29 bits per heavy atom. The molecule has 0 bridgehead atoms. The zero-order valence-electron chi connectivity index (χ0n) is 16.5. The van der Waals surface area contributed by atoms with Crippen molar-refractivity contribution in [3.63, 3.8) is 0 Å². The number of ether oxygens (including phenoxy) is 2. The van der Waals surface area contributed by atoms with Gasteiger partial charge in [-0.15, -0.1) is 0 Å². The lowest BCUT2D eigenvalue weighted by Crippen LogP contribution is -2.05. The van der Waals surface area contributed by atoms with Crippen molar-refractivity contribution in [2.24, 2.45) is 0 Å². The minimum Gasteiger partial charge on any atom is -0.452 e. The number of carbonyl (C=O) groups excluding carboxylic acids is 2. The molecule has 2 heterocycles. The monoisotopic (exact) mass is 415 g/mol. The third kappa shape index (κ3) is 4.99. The summed E-state index contributed by atoms with van der Waals surface area (Å²) < 4.78 is 15.4. The van der Waals surface area contributed by atoms with Crippen LogP contribution >= 0.6 is 0 Å². The molecule has 4 aromatic rings.